The zero-order valence-electron chi connectivity index (χ0n) is 10.1. The smallest absolute Gasteiger partial charge is 0.410 e. The first-order valence-electron chi connectivity index (χ1n) is 5.53. The molecule has 0 unspecified atom stereocenters. The highest BCUT2D eigenvalue weighted by Crippen LogP contribution is 2.18. The van der Waals surface area contributed by atoms with Gasteiger partial charge in [0, 0.05) is 21.4 Å². The number of non-ortho nitro benzene ring substituents is 1. The molecule has 2 rings (SSSR count). The number of rotatable bonds is 3. The molecule has 0 aliphatic heterocycles. The van der Waals surface area contributed by atoms with E-state index in [9.17, 15) is 14.9 Å². The van der Waals surface area contributed by atoms with Crippen LogP contribution in [0.2, 0.25) is 0 Å². The molecule has 0 fully saturated rings. The van der Waals surface area contributed by atoms with Gasteiger partial charge in [0.05, 0.1) is 4.92 Å². The van der Waals surface area contributed by atoms with Crippen LogP contribution in [-0.2, 0) is 0 Å². The highest BCUT2D eigenvalue weighted by atomic mass is 127. The second-order valence-corrected chi connectivity index (χ2v) is 5.02. The summed E-state index contributed by atoms with van der Waals surface area (Å²) in [6.45, 7) is 0. The molecule has 0 aromatic heterocycles. The van der Waals surface area contributed by atoms with Crippen molar-refractivity contribution in [1.29, 1.82) is 0 Å². The largest absolute Gasteiger partial charge is 0.417 e. The van der Waals surface area contributed by atoms with Crippen molar-refractivity contribution < 1.29 is 14.5 Å². The summed E-state index contributed by atoms with van der Waals surface area (Å²) in [5, 5.41) is 13.0. The highest BCUT2D eigenvalue weighted by Gasteiger charge is 2.08. The third-order valence-corrected chi connectivity index (χ3v) is 3.07. The van der Waals surface area contributed by atoms with Gasteiger partial charge in [0.25, 0.3) is 5.69 Å². The number of benzene rings is 2. The van der Waals surface area contributed by atoms with E-state index in [0.717, 1.165) is 3.57 Å². The van der Waals surface area contributed by atoms with Crippen LogP contribution in [0, 0.1) is 13.7 Å². The summed E-state index contributed by atoms with van der Waals surface area (Å²) in [7, 11) is 0. The third kappa shape index (κ3) is 3.92. The Hall–Kier alpha value is -2.16. The van der Waals surface area contributed by atoms with Crippen LogP contribution in [0.25, 0.3) is 0 Å². The molecule has 0 atom stereocenters. The first kappa shape index (κ1) is 14.3. The maximum absolute atomic E-state index is 11.6. The van der Waals surface area contributed by atoms with Gasteiger partial charge in [0.15, 0.2) is 0 Å². The summed E-state index contributed by atoms with van der Waals surface area (Å²) in [4.78, 5) is 21.6. The Morgan fingerprint density at radius 3 is 2.25 bits per heavy atom. The molecule has 0 heterocycles. The van der Waals surface area contributed by atoms with Crippen molar-refractivity contribution in [3.05, 3.63) is 62.2 Å². The first-order chi connectivity index (χ1) is 9.54. The number of nitrogens with zero attached hydrogens (tertiary/aromatic N) is 1. The first-order valence-corrected chi connectivity index (χ1v) is 6.61. The van der Waals surface area contributed by atoms with Gasteiger partial charge >= 0.3 is 6.09 Å². The third-order valence-electron chi connectivity index (χ3n) is 2.35. The van der Waals surface area contributed by atoms with E-state index in [-0.39, 0.29) is 11.4 Å². The van der Waals surface area contributed by atoms with Crippen LogP contribution >= 0.6 is 22.6 Å². The molecule has 0 saturated heterocycles. The Balaban J connectivity index is 1.97. The Labute approximate surface area is 128 Å². The van der Waals surface area contributed by atoms with Gasteiger partial charge < -0.3 is 4.74 Å². The van der Waals surface area contributed by atoms with Crippen LogP contribution < -0.4 is 10.1 Å². The molecule has 2 aromatic rings. The fourth-order valence-corrected chi connectivity index (χ4v) is 1.78. The van der Waals surface area contributed by atoms with Crippen LogP contribution in [0.3, 0.4) is 0 Å². The van der Waals surface area contributed by atoms with E-state index in [1.54, 1.807) is 12.1 Å². The maximum atomic E-state index is 11.6. The Morgan fingerprint density at radius 1 is 1.10 bits per heavy atom. The minimum Gasteiger partial charge on any atom is -0.410 e. The van der Waals surface area contributed by atoms with E-state index >= 15 is 0 Å². The van der Waals surface area contributed by atoms with Gasteiger partial charge in [0.1, 0.15) is 5.75 Å². The van der Waals surface area contributed by atoms with Gasteiger partial charge in [-0.05, 0) is 59.0 Å². The molecule has 0 radical (unpaired) electrons. The van der Waals surface area contributed by atoms with Gasteiger partial charge in [0.2, 0.25) is 0 Å². The molecule has 7 heteroatoms. The summed E-state index contributed by atoms with van der Waals surface area (Å²) in [5.74, 6) is 0.235. The number of amides is 1. The number of nitro groups is 1. The zero-order valence-corrected chi connectivity index (χ0v) is 12.2. The number of nitro benzene ring substituents is 1. The molecule has 0 bridgehead atoms. The summed E-state index contributed by atoms with van der Waals surface area (Å²) >= 11 is 2.16. The number of ether oxygens (including phenoxy) is 1. The maximum Gasteiger partial charge on any atom is 0.417 e. The van der Waals surface area contributed by atoms with Crippen LogP contribution in [0.1, 0.15) is 0 Å². The topological polar surface area (TPSA) is 81.5 Å². The van der Waals surface area contributed by atoms with Crippen LogP contribution in [-0.4, -0.2) is 11.0 Å². The molecule has 0 aliphatic rings. The van der Waals surface area contributed by atoms with Crippen molar-refractivity contribution in [2.45, 2.75) is 0 Å². The van der Waals surface area contributed by atoms with Crippen molar-refractivity contribution in [3.63, 3.8) is 0 Å². The average Bonchev–Trinajstić information content (AvgIpc) is 2.42. The number of hydrogen-bond donors (Lipinski definition) is 1. The molecule has 20 heavy (non-hydrogen) atoms. The molecule has 0 spiro atoms. The number of nitrogens with one attached hydrogen (secondary N) is 1. The highest BCUT2D eigenvalue weighted by molar-refractivity contribution is 14.1. The van der Waals surface area contributed by atoms with E-state index in [1.807, 2.05) is 12.1 Å². The van der Waals surface area contributed by atoms with E-state index in [1.165, 1.54) is 24.3 Å². The molecule has 2 aromatic carbocycles. The lowest BCUT2D eigenvalue weighted by atomic mass is 10.3. The van der Waals surface area contributed by atoms with Crippen LogP contribution in [0.15, 0.2) is 48.5 Å². The lowest BCUT2D eigenvalue weighted by Gasteiger charge is -2.06. The van der Waals surface area contributed by atoms with Gasteiger partial charge in [-0.15, -0.1) is 0 Å². The van der Waals surface area contributed by atoms with Crippen molar-refractivity contribution in [2.24, 2.45) is 0 Å². The van der Waals surface area contributed by atoms with Crippen LogP contribution in [0.4, 0.5) is 16.2 Å². The average molecular weight is 384 g/mol. The van der Waals surface area contributed by atoms with Gasteiger partial charge in [-0.3, -0.25) is 15.4 Å². The summed E-state index contributed by atoms with van der Waals surface area (Å²) in [6.07, 6.45) is -0.653. The van der Waals surface area contributed by atoms with Gasteiger partial charge in [-0.25, -0.2) is 4.79 Å². The van der Waals surface area contributed by atoms with Crippen LogP contribution in [0.5, 0.6) is 5.75 Å². The number of carbonyl (C=O) groups is 1. The molecule has 1 N–H and O–H groups in total. The molecule has 102 valence electrons. The lowest BCUT2D eigenvalue weighted by Crippen LogP contribution is -2.16. The minimum absolute atomic E-state index is 0.0598. The van der Waals surface area contributed by atoms with Crippen molar-refractivity contribution in [3.8, 4) is 5.75 Å². The van der Waals surface area contributed by atoms with Crippen molar-refractivity contribution in [1.82, 2.24) is 0 Å². The quantitative estimate of drug-likeness (QED) is 0.496. The minimum atomic E-state index is -0.653. The zero-order chi connectivity index (χ0) is 14.5. The van der Waals surface area contributed by atoms with Gasteiger partial charge in [-0.1, -0.05) is 0 Å². The number of hydrogen-bond acceptors (Lipinski definition) is 4. The lowest BCUT2D eigenvalue weighted by molar-refractivity contribution is -0.384. The van der Waals surface area contributed by atoms with E-state index in [4.69, 9.17) is 4.74 Å². The standard InChI is InChI=1S/C13H9IN2O4/c14-9-1-3-10(4-2-9)15-13(17)20-12-7-5-11(6-8-12)16(18)19/h1-8H,(H,15,17). The van der Waals surface area contributed by atoms with E-state index in [2.05, 4.69) is 27.9 Å². The summed E-state index contributed by atoms with van der Waals surface area (Å²) in [5.41, 5.74) is 0.549. The summed E-state index contributed by atoms with van der Waals surface area (Å²) < 4.78 is 6.06. The predicted molar refractivity (Wildman–Crippen MR) is 81.9 cm³/mol. The molecular formula is C13H9IN2O4. The molecule has 0 saturated carbocycles. The normalized spacial score (nSPS) is 9.85. The SMILES string of the molecule is O=C(Nc1ccc(I)cc1)Oc1ccc([N+](=O)[O-])cc1. The Kier molecular flexibility index (Phi) is 4.51. The van der Waals surface area contributed by atoms with E-state index < -0.39 is 11.0 Å². The van der Waals surface area contributed by atoms with E-state index in [0.29, 0.717) is 5.69 Å². The second-order valence-electron chi connectivity index (χ2n) is 3.77. The molecule has 6 nitrogen and oxygen atoms in total. The Bertz CT molecular complexity index is 626. The number of carbonyl (C=O) groups excluding carboxylic acids is 1. The van der Waals surface area contributed by atoms with Crippen molar-refractivity contribution >= 4 is 40.1 Å². The van der Waals surface area contributed by atoms with Crippen molar-refractivity contribution in [2.75, 3.05) is 5.32 Å². The number of halogens is 1. The second kappa shape index (κ2) is 6.33. The Morgan fingerprint density at radius 2 is 1.70 bits per heavy atom. The predicted octanol–water partition coefficient (Wildman–Crippen LogP) is 3.81. The molecule has 0 aliphatic carbocycles. The molecular weight excluding hydrogens is 375 g/mol. The molecule has 1 amide bonds. The summed E-state index contributed by atoms with van der Waals surface area (Å²) in [6, 6.07) is 12.5. The van der Waals surface area contributed by atoms with Gasteiger partial charge in [-0.2, -0.15) is 0 Å². The number of anilines is 1. The fraction of sp³-hybridized carbons (Fsp3) is 0. The monoisotopic (exact) mass is 384 g/mol. The fourth-order valence-electron chi connectivity index (χ4n) is 1.42.